The lowest BCUT2D eigenvalue weighted by atomic mass is 10.1. The second-order valence-electron chi connectivity index (χ2n) is 4.38. The van der Waals surface area contributed by atoms with Crippen LogP contribution in [0, 0.1) is 0 Å². The highest BCUT2D eigenvalue weighted by Crippen LogP contribution is 2.31. The fraction of sp³-hybridized carbons (Fsp3) is 0.500. The predicted octanol–water partition coefficient (Wildman–Crippen LogP) is 2.47. The van der Waals surface area contributed by atoms with E-state index < -0.39 is 22.8 Å². The molecule has 2 atom stereocenters. The van der Waals surface area contributed by atoms with Crippen LogP contribution in [0.15, 0.2) is 24.3 Å². The van der Waals surface area contributed by atoms with Gasteiger partial charge in [-0.15, -0.1) is 0 Å². The number of rotatable bonds is 5. The van der Waals surface area contributed by atoms with E-state index in [-0.39, 0.29) is 12.6 Å². The number of alkyl halides is 2. The van der Waals surface area contributed by atoms with Gasteiger partial charge >= 0.3 is 5.25 Å². The van der Waals surface area contributed by atoms with Crippen LogP contribution in [0.5, 0.6) is 0 Å². The van der Waals surface area contributed by atoms with Gasteiger partial charge in [-0.05, 0) is 24.0 Å². The standard InChI is InChI=1S/C12H15F2NO2S/c13-12(14,18(16)17)7-8-15-11-6-5-9-3-1-2-4-10(9)11/h1-4,11,15H,5-8H2,(H,16,17). The summed E-state index contributed by atoms with van der Waals surface area (Å²) in [5.41, 5.74) is 2.39. The van der Waals surface area contributed by atoms with E-state index in [1.54, 1.807) is 0 Å². The molecular weight excluding hydrogens is 260 g/mol. The molecule has 0 spiro atoms. The number of halogens is 2. The van der Waals surface area contributed by atoms with Gasteiger partial charge in [0.25, 0.3) is 0 Å². The average molecular weight is 275 g/mol. The molecule has 1 aliphatic rings. The topological polar surface area (TPSA) is 49.3 Å². The summed E-state index contributed by atoms with van der Waals surface area (Å²) in [7, 11) is 0. The van der Waals surface area contributed by atoms with Gasteiger partial charge in [-0.2, -0.15) is 8.78 Å². The summed E-state index contributed by atoms with van der Waals surface area (Å²) in [6.45, 7) is 0.0261. The van der Waals surface area contributed by atoms with Crippen molar-refractivity contribution < 1.29 is 17.5 Å². The molecular formula is C12H15F2NO2S. The molecule has 0 aliphatic heterocycles. The number of benzene rings is 1. The molecule has 6 heteroatoms. The summed E-state index contributed by atoms with van der Waals surface area (Å²) >= 11 is -3.10. The van der Waals surface area contributed by atoms with E-state index in [4.69, 9.17) is 4.55 Å². The van der Waals surface area contributed by atoms with Gasteiger partial charge in [-0.3, -0.25) is 0 Å². The van der Waals surface area contributed by atoms with Crippen molar-refractivity contribution in [3.8, 4) is 0 Å². The fourth-order valence-corrected chi connectivity index (χ4v) is 2.53. The van der Waals surface area contributed by atoms with Gasteiger partial charge in [0.15, 0.2) is 0 Å². The molecule has 18 heavy (non-hydrogen) atoms. The SMILES string of the molecule is O=S(O)C(F)(F)CCNC1CCc2ccccc21. The lowest BCUT2D eigenvalue weighted by Gasteiger charge is -2.16. The van der Waals surface area contributed by atoms with Gasteiger partial charge in [-0.1, -0.05) is 24.3 Å². The molecule has 1 aliphatic carbocycles. The molecule has 2 rings (SSSR count). The van der Waals surface area contributed by atoms with Gasteiger partial charge < -0.3 is 9.87 Å². The van der Waals surface area contributed by atoms with Crippen LogP contribution in [0.4, 0.5) is 8.78 Å². The van der Waals surface area contributed by atoms with E-state index in [0.29, 0.717) is 0 Å². The van der Waals surface area contributed by atoms with Crippen molar-refractivity contribution in [1.29, 1.82) is 0 Å². The molecule has 1 aromatic rings. The van der Waals surface area contributed by atoms with E-state index in [1.165, 1.54) is 5.56 Å². The summed E-state index contributed by atoms with van der Waals surface area (Å²) < 4.78 is 44.7. The largest absolute Gasteiger partial charge is 0.346 e. The normalized spacial score (nSPS) is 20.7. The first-order valence-corrected chi connectivity index (χ1v) is 6.91. The van der Waals surface area contributed by atoms with Crippen LogP contribution < -0.4 is 5.32 Å². The molecule has 0 amide bonds. The van der Waals surface area contributed by atoms with E-state index in [1.807, 2.05) is 24.3 Å². The Morgan fingerprint density at radius 2 is 2.17 bits per heavy atom. The van der Waals surface area contributed by atoms with Crippen LogP contribution in [0.3, 0.4) is 0 Å². The van der Waals surface area contributed by atoms with Crippen molar-refractivity contribution in [2.24, 2.45) is 0 Å². The first kappa shape index (κ1) is 13.6. The molecule has 0 saturated heterocycles. The third kappa shape index (κ3) is 2.93. The summed E-state index contributed by atoms with van der Waals surface area (Å²) in [5.74, 6) is 0. The molecule has 0 saturated carbocycles. The van der Waals surface area contributed by atoms with Gasteiger partial charge in [0, 0.05) is 19.0 Å². The van der Waals surface area contributed by atoms with Gasteiger partial charge in [0.2, 0.25) is 11.1 Å². The first-order valence-electron chi connectivity index (χ1n) is 5.80. The minimum atomic E-state index is -3.54. The molecule has 2 unspecified atom stereocenters. The Morgan fingerprint density at radius 3 is 2.89 bits per heavy atom. The molecule has 0 bridgehead atoms. The highest BCUT2D eigenvalue weighted by atomic mass is 32.2. The number of nitrogens with one attached hydrogen (secondary N) is 1. The average Bonchev–Trinajstić information content (AvgIpc) is 2.72. The maximum Gasteiger partial charge on any atom is 0.346 e. The van der Waals surface area contributed by atoms with Crippen molar-refractivity contribution in [1.82, 2.24) is 5.32 Å². The second kappa shape index (κ2) is 5.42. The molecule has 3 nitrogen and oxygen atoms in total. The zero-order valence-corrected chi connectivity index (χ0v) is 10.6. The van der Waals surface area contributed by atoms with Crippen molar-refractivity contribution >= 4 is 11.1 Å². The van der Waals surface area contributed by atoms with Crippen LogP contribution in [0.1, 0.15) is 30.0 Å². The summed E-state index contributed by atoms with van der Waals surface area (Å²) in [6, 6.07) is 7.99. The van der Waals surface area contributed by atoms with E-state index in [0.717, 1.165) is 18.4 Å². The predicted molar refractivity (Wildman–Crippen MR) is 65.8 cm³/mol. The smallest absolute Gasteiger partial charge is 0.310 e. The van der Waals surface area contributed by atoms with Crippen molar-refractivity contribution in [2.75, 3.05) is 6.54 Å². The summed E-state index contributed by atoms with van der Waals surface area (Å²) in [5, 5.41) is -0.513. The highest BCUT2D eigenvalue weighted by Gasteiger charge is 2.36. The first-order chi connectivity index (χ1) is 8.50. The van der Waals surface area contributed by atoms with Crippen LogP contribution >= 0.6 is 0 Å². The number of hydrogen-bond donors (Lipinski definition) is 2. The Balaban J connectivity index is 1.88. The zero-order valence-electron chi connectivity index (χ0n) is 9.73. The maximum atomic E-state index is 12.9. The van der Waals surface area contributed by atoms with Crippen molar-refractivity contribution in [3.05, 3.63) is 35.4 Å². The lowest BCUT2D eigenvalue weighted by molar-refractivity contribution is 0.0794. The van der Waals surface area contributed by atoms with Crippen molar-refractivity contribution in [3.63, 3.8) is 0 Å². The fourth-order valence-electron chi connectivity index (χ4n) is 2.25. The Morgan fingerprint density at radius 1 is 1.44 bits per heavy atom. The third-order valence-electron chi connectivity index (χ3n) is 3.20. The maximum absolute atomic E-state index is 12.9. The van der Waals surface area contributed by atoms with Crippen LogP contribution in [0.25, 0.3) is 0 Å². The van der Waals surface area contributed by atoms with Crippen molar-refractivity contribution in [2.45, 2.75) is 30.6 Å². The Labute approximate surface area is 107 Å². The molecule has 0 aromatic heterocycles. The van der Waals surface area contributed by atoms with Crippen LogP contribution in [-0.4, -0.2) is 20.6 Å². The van der Waals surface area contributed by atoms with E-state index in [9.17, 15) is 13.0 Å². The third-order valence-corrected chi connectivity index (χ3v) is 3.91. The quantitative estimate of drug-likeness (QED) is 0.812. The molecule has 2 N–H and O–H groups in total. The number of aryl methyl sites for hydroxylation is 1. The summed E-state index contributed by atoms with van der Waals surface area (Å²) in [6.07, 6.45) is 1.19. The van der Waals surface area contributed by atoms with Gasteiger partial charge in [0.1, 0.15) is 0 Å². The molecule has 0 fully saturated rings. The van der Waals surface area contributed by atoms with Gasteiger partial charge in [0.05, 0.1) is 0 Å². The van der Waals surface area contributed by atoms with E-state index >= 15 is 0 Å². The zero-order chi connectivity index (χ0) is 13.2. The minimum absolute atomic E-state index is 0.0261. The van der Waals surface area contributed by atoms with E-state index in [2.05, 4.69) is 5.32 Å². The minimum Gasteiger partial charge on any atom is -0.310 e. The summed E-state index contributed by atoms with van der Waals surface area (Å²) in [4.78, 5) is 0. The second-order valence-corrected chi connectivity index (χ2v) is 5.48. The molecule has 1 aromatic carbocycles. The lowest BCUT2D eigenvalue weighted by Crippen LogP contribution is -2.30. The Kier molecular flexibility index (Phi) is 4.09. The number of hydrogen-bond acceptors (Lipinski definition) is 2. The van der Waals surface area contributed by atoms with Gasteiger partial charge in [-0.25, -0.2) is 4.21 Å². The number of fused-ring (bicyclic) bond motifs is 1. The van der Waals surface area contributed by atoms with Crippen LogP contribution in [-0.2, 0) is 17.5 Å². The monoisotopic (exact) mass is 275 g/mol. The molecule has 100 valence electrons. The Hall–Kier alpha value is -0.850. The molecule has 0 heterocycles. The molecule has 0 radical (unpaired) electrons. The highest BCUT2D eigenvalue weighted by molar-refractivity contribution is 7.80. The van der Waals surface area contributed by atoms with Crippen LogP contribution in [0.2, 0.25) is 0 Å². The Bertz CT molecular complexity index is 453.